The molecule has 2 aromatic rings. The van der Waals surface area contributed by atoms with Crippen molar-refractivity contribution in [2.45, 2.75) is 0 Å². The average molecular weight is 347 g/mol. The van der Waals surface area contributed by atoms with Gasteiger partial charge < -0.3 is 20.1 Å². The van der Waals surface area contributed by atoms with Crippen molar-refractivity contribution in [1.29, 1.82) is 0 Å². The molecule has 2 N–H and O–H groups in total. The van der Waals surface area contributed by atoms with Gasteiger partial charge in [0.25, 0.3) is 11.8 Å². The van der Waals surface area contributed by atoms with Gasteiger partial charge in [-0.3, -0.25) is 9.59 Å². The second-order valence-corrected chi connectivity index (χ2v) is 5.54. The predicted octanol–water partition coefficient (Wildman–Crippen LogP) is 2.48. The third kappa shape index (κ3) is 3.97. The molecule has 0 aromatic heterocycles. The molecule has 0 unspecified atom stereocenters. The van der Waals surface area contributed by atoms with E-state index in [1.807, 2.05) is 0 Å². The van der Waals surface area contributed by atoms with E-state index in [-0.39, 0.29) is 18.4 Å². The van der Waals surface area contributed by atoms with Crippen molar-refractivity contribution >= 4 is 29.1 Å². The number of fused-ring (bicyclic) bond motifs is 1. The molecule has 0 spiro atoms. The first kappa shape index (κ1) is 16.1. The molecule has 0 saturated heterocycles. The fourth-order valence-corrected chi connectivity index (χ4v) is 2.33. The van der Waals surface area contributed by atoms with Gasteiger partial charge in [0.1, 0.15) is 18.1 Å². The Morgan fingerprint density at radius 1 is 1.25 bits per heavy atom. The number of anilines is 1. The van der Waals surface area contributed by atoms with Crippen LogP contribution in [0.2, 0.25) is 5.02 Å². The summed E-state index contributed by atoms with van der Waals surface area (Å²) in [7, 11) is 0. The largest absolute Gasteiger partial charge is 0.491 e. The van der Waals surface area contributed by atoms with Crippen LogP contribution in [-0.4, -0.2) is 31.6 Å². The van der Waals surface area contributed by atoms with Crippen LogP contribution in [0.15, 0.2) is 42.5 Å². The summed E-state index contributed by atoms with van der Waals surface area (Å²) in [5.41, 5.74) is 0.892. The molecule has 0 saturated carbocycles. The van der Waals surface area contributed by atoms with E-state index in [9.17, 15) is 9.59 Å². The molecule has 0 fully saturated rings. The van der Waals surface area contributed by atoms with Crippen molar-refractivity contribution in [3.05, 3.63) is 53.1 Å². The van der Waals surface area contributed by atoms with Gasteiger partial charge in [-0.25, -0.2) is 0 Å². The molecule has 2 amide bonds. The van der Waals surface area contributed by atoms with Crippen LogP contribution in [0, 0.1) is 0 Å². The molecule has 7 heteroatoms. The molecular formula is C17H15ClN2O4. The molecule has 124 valence electrons. The number of carbonyl (C=O) groups is 2. The van der Waals surface area contributed by atoms with E-state index in [1.54, 1.807) is 42.5 Å². The van der Waals surface area contributed by atoms with Gasteiger partial charge in [0.2, 0.25) is 0 Å². The van der Waals surface area contributed by atoms with Gasteiger partial charge in [0.05, 0.1) is 12.1 Å². The quantitative estimate of drug-likeness (QED) is 0.891. The number of ether oxygens (including phenoxy) is 2. The van der Waals surface area contributed by atoms with Crippen molar-refractivity contribution in [2.24, 2.45) is 0 Å². The minimum Gasteiger partial charge on any atom is -0.491 e. The molecule has 0 aliphatic carbocycles. The topological polar surface area (TPSA) is 76.7 Å². The van der Waals surface area contributed by atoms with Crippen molar-refractivity contribution in [3.8, 4) is 11.5 Å². The molecule has 0 bridgehead atoms. The van der Waals surface area contributed by atoms with E-state index < -0.39 is 0 Å². The number of benzene rings is 2. The summed E-state index contributed by atoms with van der Waals surface area (Å²) >= 11 is 5.79. The summed E-state index contributed by atoms with van der Waals surface area (Å²) in [5.74, 6) is 0.487. The van der Waals surface area contributed by atoms with Crippen molar-refractivity contribution in [1.82, 2.24) is 5.32 Å². The number of hydrogen-bond donors (Lipinski definition) is 2. The zero-order valence-corrected chi connectivity index (χ0v) is 13.4. The summed E-state index contributed by atoms with van der Waals surface area (Å²) in [6.07, 6.45) is 0. The molecule has 0 radical (unpaired) electrons. The Balaban J connectivity index is 1.62. The molecule has 1 heterocycles. The summed E-state index contributed by atoms with van der Waals surface area (Å²) in [6.45, 7) is 0.713. The average Bonchev–Trinajstić information content (AvgIpc) is 2.76. The van der Waals surface area contributed by atoms with Crippen molar-refractivity contribution in [3.63, 3.8) is 0 Å². The zero-order chi connectivity index (χ0) is 16.9. The second kappa shape index (κ2) is 7.23. The first-order valence-corrected chi connectivity index (χ1v) is 7.73. The molecule has 24 heavy (non-hydrogen) atoms. The third-order valence-electron chi connectivity index (χ3n) is 3.34. The van der Waals surface area contributed by atoms with Crippen molar-refractivity contribution < 1.29 is 19.1 Å². The SMILES string of the molecule is O=C(COc1ccc(Cl)cc1)Nc1ccc2c(c1)C(=O)NCCO2. The molecule has 2 aromatic carbocycles. The number of carbonyl (C=O) groups excluding carboxylic acids is 2. The van der Waals surface area contributed by atoms with E-state index in [4.69, 9.17) is 21.1 Å². The normalized spacial score (nSPS) is 13.1. The lowest BCUT2D eigenvalue weighted by Gasteiger charge is -2.10. The molecule has 3 rings (SSSR count). The van der Waals surface area contributed by atoms with Crippen LogP contribution in [0.4, 0.5) is 5.69 Å². The minimum absolute atomic E-state index is 0.151. The molecule has 6 nitrogen and oxygen atoms in total. The van der Waals surface area contributed by atoms with Crippen LogP contribution < -0.4 is 20.1 Å². The lowest BCUT2D eigenvalue weighted by Crippen LogP contribution is -2.24. The van der Waals surface area contributed by atoms with Gasteiger partial charge >= 0.3 is 0 Å². The summed E-state index contributed by atoms with van der Waals surface area (Å²) in [5, 5.41) is 6.00. The number of halogens is 1. The maximum atomic E-state index is 12.0. The van der Waals surface area contributed by atoms with Gasteiger partial charge in [0, 0.05) is 10.7 Å². The Kier molecular flexibility index (Phi) is 4.86. The highest BCUT2D eigenvalue weighted by atomic mass is 35.5. The minimum atomic E-state index is -0.333. The Hall–Kier alpha value is -2.73. The lowest BCUT2D eigenvalue weighted by atomic mass is 10.1. The monoisotopic (exact) mass is 346 g/mol. The lowest BCUT2D eigenvalue weighted by molar-refractivity contribution is -0.118. The molecule has 0 atom stereocenters. The summed E-state index contributed by atoms with van der Waals surface area (Å²) in [6, 6.07) is 11.6. The van der Waals surface area contributed by atoms with Gasteiger partial charge in [-0.1, -0.05) is 11.6 Å². The van der Waals surface area contributed by atoms with E-state index in [1.165, 1.54) is 0 Å². The van der Waals surface area contributed by atoms with Gasteiger partial charge in [-0.05, 0) is 42.5 Å². The Morgan fingerprint density at radius 2 is 2.04 bits per heavy atom. The maximum Gasteiger partial charge on any atom is 0.262 e. The first-order chi connectivity index (χ1) is 11.6. The number of rotatable bonds is 4. The summed E-state index contributed by atoms with van der Waals surface area (Å²) in [4.78, 5) is 23.9. The van der Waals surface area contributed by atoms with E-state index in [0.717, 1.165) is 0 Å². The van der Waals surface area contributed by atoms with Crippen LogP contribution in [0.25, 0.3) is 0 Å². The Morgan fingerprint density at radius 3 is 2.83 bits per heavy atom. The van der Waals surface area contributed by atoms with Crippen LogP contribution >= 0.6 is 11.6 Å². The Bertz CT molecular complexity index is 762. The van der Waals surface area contributed by atoms with Gasteiger partial charge in [0.15, 0.2) is 6.61 Å². The third-order valence-corrected chi connectivity index (χ3v) is 3.59. The highest BCUT2D eigenvalue weighted by molar-refractivity contribution is 6.30. The summed E-state index contributed by atoms with van der Waals surface area (Å²) < 4.78 is 10.8. The van der Waals surface area contributed by atoms with Gasteiger partial charge in [-0.15, -0.1) is 0 Å². The smallest absolute Gasteiger partial charge is 0.262 e. The van der Waals surface area contributed by atoms with Crippen LogP contribution in [0.3, 0.4) is 0 Å². The maximum absolute atomic E-state index is 12.0. The highest BCUT2D eigenvalue weighted by Crippen LogP contribution is 2.24. The number of amides is 2. The van der Waals surface area contributed by atoms with Crippen LogP contribution in [-0.2, 0) is 4.79 Å². The molecule has 1 aliphatic rings. The fourth-order valence-electron chi connectivity index (χ4n) is 2.21. The predicted molar refractivity (Wildman–Crippen MR) is 89.8 cm³/mol. The van der Waals surface area contributed by atoms with Crippen LogP contribution in [0.1, 0.15) is 10.4 Å². The second-order valence-electron chi connectivity index (χ2n) is 5.11. The van der Waals surface area contributed by atoms with E-state index in [2.05, 4.69) is 10.6 Å². The van der Waals surface area contributed by atoms with Crippen molar-refractivity contribution in [2.75, 3.05) is 25.1 Å². The van der Waals surface area contributed by atoms with E-state index >= 15 is 0 Å². The zero-order valence-electron chi connectivity index (χ0n) is 12.7. The fraction of sp³-hybridized carbons (Fsp3) is 0.176. The highest BCUT2D eigenvalue weighted by Gasteiger charge is 2.17. The molecule has 1 aliphatic heterocycles. The Labute approximate surface area is 143 Å². The first-order valence-electron chi connectivity index (χ1n) is 7.35. The van der Waals surface area contributed by atoms with E-state index in [0.29, 0.717) is 40.9 Å². The standard InChI is InChI=1S/C17H15ClN2O4/c18-11-1-4-13(5-2-11)24-10-16(21)20-12-3-6-15-14(9-12)17(22)19-7-8-23-15/h1-6,9H,7-8,10H2,(H,19,22)(H,20,21). The van der Waals surface area contributed by atoms with Crippen LogP contribution in [0.5, 0.6) is 11.5 Å². The number of nitrogens with one attached hydrogen (secondary N) is 2. The van der Waals surface area contributed by atoms with Gasteiger partial charge in [-0.2, -0.15) is 0 Å². The molecular weight excluding hydrogens is 332 g/mol. The number of hydrogen-bond acceptors (Lipinski definition) is 4.